The smallest absolute Gasteiger partial charge is 0.256 e. The molecule has 0 spiro atoms. The summed E-state index contributed by atoms with van der Waals surface area (Å²) in [4.78, 5) is 21.7. The molecular formula is C18H18N4O3S. The van der Waals surface area contributed by atoms with Gasteiger partial charge >= 0.3 is 0 Å². The van der Waals surface area contributed by atoms with E-state index in [1.54, 1.807) is 23.2 Å². The second-order valence-corrected chi connectivity index (χ2v) is 8.07. The van der Waals surface area contributed by atoms with Crippen molar-refractivity contribution in [3.8, 4) is 0 Å². The number of sulfonamides is 1. The van der Waals surface area contributed by atoms with Crippen LogP contribution in [-0.4, -0.2) is 59.7 Å². The number of H-pyrrole nitrogens is 1. The molecule has 1 amide bonds. The van der Waals surface area contributed by atoms with Crippen LogP contribution in [-0.2, 0) is 10.0 Å². The lowest BCUT2D eigenvalue weighted by Crippen LogP contribution is -2.50. The summed E-state index contributed by atoms with van der Waals surface area (Å²) >= 11 is 0. The highest BCUT2D eigenvalue weighted by atomic mass is 32.2. The number of amides is 1. The maximum atomic E-state index is 12.9. The number of rotatable bonds is 3. The molecule has 1 aromatic carbocycles. The maximum absolute atomic E-state index is 12.9. The lowest BCUT2D eigenvalue weighted by molar-refractivity contribution is 0.0699. The Morgan fingerprint density at radius 1 is 1.04 bits per heavy atom. The first-order chi connectivity index (χ1) is 12.6. The molecule has 0 bridgehead atoms. The van der Waals surface area contributed by atoms with Gasteiger partial charge in [-0.2, -0.15) is 4.31 Å². The first-order valence-corrected chi connectivity index (χ1v) is 9.77. The fourth-order valence-corrected chi connectivity index (χ4v) is 4.60. The molecule has 26 heavy (non-hydrogen) atoms. The number of carbonyl (C=O) groups is 1. The molecule has 1 N–H and O–H groups in total. The first-order valence-electron chi connectivity index (χ1n) is 8.33. The van der Waals surface area contributed by atoms with Crippen LogP contribution in [0.1, 0.15) is 10.4 Å². The van der Waals surface area contributed by atoms with Crippen molar-refractivity contribution < 1.29 is 13.2 Å². The third-order valence-electron chi connectivity index (χ3n) is 4.62. The number of nitrogens with zero attached hydrogens (tertiary/aromatic N) is 3. The quantitative estimate of drug-likeness (QED) is 0.760. The van der Waals surface area contributed by atoms with E-state index in [0.717, 1.165) is 10.9 Å². The van der Waals surface area contributed by atoms with Gasteiger partial charge in [0.1, 0.15) is 4.90 Å². The number of fused-ring (bicyclic) bond motifs is 1. The average molecular weight is 370 g/mol. The van der Waals surface area contributed by atoms with Crippen LogP contribution in [0.4, 0.5) is 0 Å². The average Bonchev–Trinajstić information content (AvgIpc) is 3.17. The molecule has 0 aliphatic carbocycles. The highest BCUT2D eigenvalue weighted by Crippen LogP contribution is 2.21. The van der Waals surface area contributed by atoms with Crippen LogP contribution in [0.3, 0.4) is 0 Å². The third kappa shape index (κ3) is 2.87. The molecule has 8 heteroatoms. The largest absolute Gasteiger partial charge is 0.361 e. The molecule has 1 aliphatic rings. The SMILES string of the molecule is O=C(c1cccc2cc[nH]c12)N1CCN(S(=O)(=O)c2cccnc2)CC1. The summed E-state index contributed by atoms with van der Waals surface area (Å²) in [7, 11) is -3.57. The Labute approximate surface area is 151 Å². The van der Waals surface area contributed by atoms with Crippen LogP contribution in [0, 0.1) is 0 Å². The highest BCUT2D eigenvalue weighted by molar-refractivity contribution is 7.89. The summed E-state index contributed by atoms with van der Waals surface area (Å²) < 4.78 is 26.7. The monoisotopic (exact) mass is 370 g/mol. The van der Waals surface area contributed by atoms with E-state index < -0.39 is 10.0 Å². The molecule has 3 aromatic rings. The van der Waals surface area contributed by atoms with E-state index in [2.05, 4.69) is 9.97 Å². The molecule has 1 aliphatic heterocycles. The second kappa shape index (κ2) is 6.54. The van der Waals surface area contributed by atoms with Gasteiger partial charge < -0.3 is 9.88 Å². The van der Waals surface area contributed by atoms with Crippen molar-refractivity contribution in [1.29, 1.82) is 0 Å². The van der Waals surface area contributed by atoms with E-state index >= 15 is 0 Å². The summed E-state index contributed by atoms with van der Waals surface area (Å²) in [6, 6.07) is 10.6. The maximum Gasteiger partial charge on any atom is 0.256 e. The van der Waals surface area contributed by atoms with Crippen molar-refractivity contribution in [2.24, 2.45) is 0 Å². The van der Waals surface area contributed by atoms with Gasteiger partial charge in [0, 0.05) is 50.2 Å². The Morgan fingerprint density at radius 3 is 2.58 bits per heavy atom. The zero-order chi connectivity index (χ0) is 18.1. The van der Waals surface area contributed by atoms with Gasteiger partial charge in [0.25, 0.3) is 5.91 Å². The first kappa shape index (κ1) is 16.7. The Bertz CT molecular complexity index is 1040. The van der Waals surface area contributed by atoms with Crippen molar-refractivity contribution >= 4 is 26.8 Å². The van der Waals surface area contributed by atoms with E-state index in [4.69, 9.17) is 0 Å². The zero-order valence-corrected chi connectivity index (χ0v) is 14.8. The molecule has 3 heterocycles. The number of hydrogen-bond acceptors (Lipinski definition) is 4. The Hall–Kier alpha value is -2.71. The van der Waals surface area contributed by atoms with Crippen molar-refractivity contribution in [1.82, 2.24) is 19.2 Å². The minimum atomic E-state index is -3.57. The van der Waals surface area contributed by atoms with Crippen molar-refractivity contribution in [3.63, 3.8) is 0 Å². The molecule has 2 aromatic heterocycles. The lowest BCUT2D eigenvalue weighted by atomic mass is 10.1. The number of aromatic amines is 1. The summed E-state index contributed by atoms with van der Waals surface area (Å²) in [5, 5.41) is 0.980. The number of benzene rings is 1. The highest BCUT2D eigenvalue weighted by Gasteiger charge is 2.31. The molecular weight excluding hydrogens is 352 g/mol. The third-order valence-corrected chi connectivity index (χ3v) is 6.50. The number of pyridine rings is 1. The van der Waals surface area contributed by atoms with Gasteiger partial charge in [0.05, 0.1) is 11.1 Å². The van der Waals surface area contributed by atoms with Gasteiger partial charge in [-0.25, -0.2) is 8.42 Å². The molecule has 0 atom stereocenters. The minimum Gasteiger partial charge on any atom is -0.361 e. The van der Waals surface area contributed by atoms with Gasteiger partial charge in [0.2, 0.25) is 10.0 Å². The number of carbonyl (C=O) groups excluding carboxylic acids is 1. The summed E-state index contributed by atoms with van der Waals surface area (Å²) in [5.74, 6) is -0.0866. The summed E-state index contributed by atoms with van der Waals surface area (Å²) in [6.45, 7) is 1.25. The Kier molecular flexibility index (Phi) is 4.21. The lowest BCUT2D eigenvalue weighted by Gasteiger charge is -2.34. The zero-order valence-electron chi connectivity index (χ0n) is 14.0. The number of hydrogen-bond donors (Lipinski definition) is 1. The van der Waals surface area contributed by atoms with E-state index in [0.29, 0.717) is 18.7 Å². The van der Waals surface area contributed by atoms with Crippen LogP contribution in [0.2, 0.25) is 0 Å². The molecule has 7 nitrogen and oxygen atoms in total. The molecule has 1 fully saturated rings. The standard InChI is InChI=1S/C18H18N4O3S/c23-18(16-5-1-3-14-6-8-20-17(14)16)21-9-11-22(12-10-21)26(24,25)15-4-2-7-19-13-15/h1-8,13,20H,9-12H2. The van der Waals surface area contributed by atoms with Gasteiger partial charge in [0.15, 0.2) is 0 Å². The fourth-order valence-electron chi connectivity index (χ4n) is 3.21. The molecule has 0 saturated carbocycles. The minimum absolute atomic E-state index is 0.0866. The van der Waals surface area contributed by atoms with E-state index in [1.165, 1.54) is 22.8 Å². The summed E-state index contributed by atoms with van der Waals surface area (Å²) in [6.07, 6.45) is 4.69. The van der Waals surface area contributed by atoms with E-state index in [9.17, 15) is 13.2 Å². The molecule has 4 rings (SSSR count). The van der Waals surface area contributed by atoms with E-state index in [-0.39, 0.29) is 23.9 Å². The van der Waals surface area contributed by atoms with E-state index in [1.807, 2.05) is 18.2 Å². The molecule has 0 radical (unpaired) electrons. The summed E-state index contributed by atoms with van der Waals surface area (Å²) in [5.41, 5.74) is 1.42. The molecule has 1 saturated heterocycles. The molecule has 134 valence electrons. The second-order valence-electron chi connectivity index (χ2n) is 6.13. The Morgan fingerprint density at radius 2 is 1.85 bits per heavy atom. The normalized spacial score (nSPS) is 16.1. The Balaban J connectivity index is 1.50. The predicted octanol–water partition coefficient (Wildman–Crippen LogP) is 1.71. The van der Waals surface area contributed by atoms with Crippen molar-refractivity contribution in [3.05, 3.63) is 60.6 Å². The van der Waals surface area contributed by atoms with Crippen molar-refractivity contribution in [2.75, 3.05) is 26.2 Å². The number of piperazine rings is 1. The van der Waals surface area contributed by atoms with Crippen LogP contribution in [0.15, 0.2) is 59.9 Å². The van der Waals surface area contributed by atoms with Gasteiger partial charge in [-0.1, -0.05) is 12.1 Å². The van der Waals surface area contributed by atoms with Crippen LogP contribution >= 0.6 is 0 Å². The topological polar surface area (TPSA) is 86.4 Å². The van der Waals surface area contributed by atoms with Gasteiger partial charge in [-0.3, -0.25) is 9.78 Å². The molecule has 0 unspecified atom stereocenters. The van der Waals surface area contributed by atoms with Gasteiger partial charge in [-0.15, -0.1) is 0 Å². The van der Waals surface area contributed by atoms with Gasteiger partial charge in [-0.05, 0) is 24.3 Å². The predicted molar refractivity (Wildman–Crippen MR) is 97.2 cm³/mol. The fraction of sp³-hybridized carbons (Fsp3) is 0.222. The van der Waals surface area contributed by atoms with Crippen LogP contribution < -0.4 is 0 Å². The number of para-hydroxylation sites is 1. The number of aromatic nitrogens is 2. The van der Waals surface area contributed by atoms with Crippen LogP contribution in [0.25, 0.3) is 10.9 Å². The van der Waals surface area contributed by atoms with Crippen molar-refractivity contribution in [2.45, 2.75) is 4.90 Å². The van der Waals surface area contributed by atoms with Crippen LogP contribution in [0.5, 0.6) is 0 Å². The number of nitrogens with one attached hydrogen (secondary N) is 1.